The standard InChI is InChI=1S/C25H22N4O4S/c1-15-8-6-13-22(16(15)2)28-24(31)20-11-4-5-12-21(20)27-25(28)34-17(3)23(30)26-18-9-7-10-19(14-18)29(32)33/h4-14,17H,1-3H3,(H,26,30). The minimum Gasteiger partial charge on any atom is -0.325 e. The number of nitro benzene ring substituents is 1. The summed E-state index contributed by atoms with van der Waals surface area (Å²) in [6.45, 7) is 5.62. The third-order valence-electron chi connectivity index (χ3n) is 5.54. The number of non-ortho nitro benzene ring substituents is 1. The number of hydrogen-bond acceptors (Lipinski definition) is 6. The molecule has 172 valence electrons. The number of para-hydroxylation sites is 1. The molecule has 0 saturated carbocycles. The van der Waals surface area contributed by atoms with Gasteiger partial charge in [0.15, 0.2) is 5.16 Å². The summed E-state index contributed by atoms with van der Waals surface area (Å²) in [6.07, 6.45) is 0. The van der Waals surface area contributed by atoms with Crippen LogP contribution < -0.4 is 10.9 Å². The van der Waals surface area contributed by atoms with Crippen molar-refractivity contribution in [3.8, 4) is 5.69 Å². The maximum absolute atomic E-state index is 13.5. The summed E-state index contributed by atoms with van der Waals surface area (Å²) >= 11 is 1.15. The minimum atomic E-state index is -0.635. The Balaban J connectivity index is 1.73. The second kappa shape index (κ2) is 9.48. The molecule has 4 aromatic rings. The number of aryl methyl sites for hydroxylation is 1. The second-order valence-electron chi connectivity index (χ2n) is 7.83. The quantitative estimate of drug-likeness (QED) is 0.182. The van der Waals surface area contributed by atoms with E-state index in [0.29, 0.717) is 27.4 Å². The summed E-state index contributed by atoms with van der Waals surface area (Å²) in [5.74, 6) is -0.361. The molecule has 0 radical (unpaired) electrons. The molecule has 1 amide bonds. The van der Waals surface area contributed by atoms with Crippen LogP contribution in [0.1, 0.15) is 18.1 Å². The number of carbonyl (C=O) groups excluding carboxylic acids is 1. The maximum Gasteiger partial charge on any atom is 0.271 e. The molecule has 1 aromatic heterocycles. The van der Waals surface area contributed by atoms with Gasteiger partial charge in [0.25, 0.3) is 11.2 Å². The molecular weight excluding hydrogens is 452 g/mol. The smallest absolute Gasteiger partial charge is 0.271 e. The molecule has 0 aliphatic heterocycles. The van der Waals surface area contributed by atoms with Crippen LogP contribution in [-0.4, -0.2) is 25.6 Å². The van der Waals surface area contributed by atoms with E-state index in [2.05, 4.69) is 5.32 Å². The molecule has 34 heavy (non-hydrogen) atoms. The van der Waals surface area contributed by atoms with Crippen LogP contribution in [0.15, 0.2) is 76.7 Å². The lowest BCUT2D eigenvalue weighted by molar-refractivity contribution is -0.384. The number of nitrogens with zero attached hydrogens (tertiary/aromatic N) is 3. The van der Waals surface area contributed by atoms with E-state index in [1.807, 2.05) is 38.1 Å². The Morgan fingerprint density at radius 2 is 1.82 bits per heavy atom. The normalized spacial score (nSPS) is 11.9. The van der Waals surface area contributed by atoms with Gasteiger partial charge in [-0.1, -0.05) is 42.1 Å². The first-order valence-corrected chi connectivity index (χ1v) is 11.4. The summed E-state index contributed by atoms with van der Waals surface area (Å²) < 4.78 is 1.55. The Morgan fingerprint density at radius 3 is 2.59 bits per heavy atom. The highest BCUT2D eigenvalue weighted by Crippen LogP contribution is 2.28. The fourth-order valence-corrected chi connectivity index (χ4v) is 4.45. The Kier molecular flexibility index (Phi) is 6.47. The first-order chi connectivity index (χ1) is 16.3. The molecule has 1 atom stereocenters. The molecule has 1 heterocycles. The number of nitrogens with one attached hydrogen (secondary N) is 1. The van der Waals surface area contributed by atoms with Crippen molar-refractivity contribution in [2.75, 3.05) is 5.32 Å². The monoisotopic (exact) mass is 474 g/mol. The summed E-state index contributed by atoms with van der Waals surface area (Å²) in [4.78, 5) is 41.6. The SMILES string of the molecule is Cc1cccc(-n2c(SC(C)C(=O)Nc3cccc([N+](=O)[O-])c3)nc3ccccc3c2=O)c1C. The van der Waals surface area contributed by atoms with Crippen LogP contribution >= 0.6 is 11.8 Å². The van der Waals surface area contributed by atoms with Crippen LogP contribution in [0.5, 0.6) is 0 Å². The van der Waals surface area contributed by atoms with Crippen molar-refractivity contribution in [2.45, 2.75) is 31.2 Å². The van der Waals surface area contributed by atoms with Crippen LogP contribution in [0.25, 0.3) is 16.6 Å². The Hall–Kier alpha value is -3.98. The minimum absolute atomic E-state index is 0.113. The molecule has 0 aliphatic rings. The molecule has 1 unspecified atom stereocenters. The van der Waals surface area contributed by atoms with Crippen molar-refractivity contribution in [1.29, 1.82) is 0 Å². The average molecular weight is 475 g/mol. The van der Waals surface area contributed by atoms with Crippen molar-refractivity contribution >= 4 is 39.9 Å². The van der Waals surface area contributed by atoms with Crippen molar-refractivity contribution < 1.29 is 9.72 Å². The van der Waals surface area contributed by atoms with E-state index in [9.17, 15) is 19.7 Å². The van der Waals surface area contributed by atoms with Crippen molar-refractivity contribution in [3.63, 3.8) is 0 Å². The van der Waals surface area contributed by atoms with E-state index >= 15 is 0 Å². The largest absolute Gasteiger partial charge is 0.325 e. The van der Waals surface area contributed by atoms with Gasteiger partial charge in [-0.25, -0.2) is 4.98 Å². The van der Waals surface area contributed by atoms with E-state index in [0.717, 1.165) is 22.9 Å². The number of carbonyl (C=O) groups is 1. The fraction of sp³-hybridized carbons (Fsp3) is 0.160. The van der Waals surface area contributed by atoms with Crippen LogP contribution in [-0.2, 0) is 4.79 Å². The van der Waals surface area contributed by atoms with E-state index in [1.165, 1.54) is 18.2 Å². The van der Waals surface area contributed by atoms with Crippen molar-refractivity contribution in [1.82, 2.24) is 9.55 Å². The molecule has 3 aromatic carbocycles. The van der Waals surface area contributed by atoms with Gasteiger partial charge in [0.1, 0.15) is 0 Å². The summed E-state index contributed by atoms with van der Waals surface area (Å²) in [7, 11) is 0. The number of aromatic nitrogens is 2. The lowest BCUT2D eigenvalue weighted by Gasteiger charge is -2.18. The number of rotatable bonds is 6. The first kappa shape index (κ1) is 23.2. The lowest BCUT2D eigenvalue weighted by atomic mass is 10.1. The van der Waals surface area contributed by atoms with Crippen LogP contribution in [0.3, 0.4) is 0 Å². The summed E-state index contributed by atoms with van der Waals surface area (Å²) in [6, 6.07) is 18.6. The predicted molar refractivity (Wildman–Crippen MR) is 134 cm³/mol. The van der Waals surface area contributed by atoms with Gasteiger partial charge in [-0.2, -0.15) is 0 Å². The lowest BCUT2D eigenvalue weighted by Crippen LogP contribution is -2.26. The molecular formula is C25H22N4O4S. The van der Waals surface area contributed by atoms with E-state index in [-0.39, 0.29) is 17.2 Å². The molecule has 0 spiro atoms. The van der Waals surface area contributed by atoms with Gasteiger partial charge >= 0.3 is 0 Å². The number of hydrogen-bond donors (Lipinski definition) is 1. The topological polar surface area (TPSA) is 107 Å². The Bertz CT molecular complexity index is 1480. The third kappa shape index (κ3) is 4.55. The van der Waals surface area contributed by atoms with Crippen molar-refractivity contribution in [2.24, 2.45) is 0 Å². The maximum atomic E-state index is 13.5. The second-order valence-corrected chi connectivity index (χ2v) is 9.14. The molecule has 8 nitrogen and oxygen atoms in total. The van der Waals surface area contributed by atoms with Gasteiger partial charge in [0, 0.05) is 17.8 Å². The molecule has 4 rings (SSSR count). The molecule has 0 bridgehead atoms. The zero-order valence-electron chi connectivity index (χ0n) is 18.8. The van der Waals surface area contributed by atoms with Gasteiger partial charge in [-0.15, -0.1) is 0 Å². The number of anilines is 1. The number of amides is 1. The zero-order valence-corrected chi connectivity index (χ0v) is 19.6. The van der Waals surface area contributed by atoms with Gasteiger partial charge in [-0.3, -0.25) is 24.3 Å². The van der Waals surface area contributed by atoms with E-state index in [1.54, 1.807) is 35.8 Å². The predicted octanol–water partition coefficient (Wildman–Crippen LogP) is 5.03. The Morgan fingerprint density at radius 1 is 1.09 bits per heavy atom. The van der Waals surface area contributed by atoms with Gasteiger partial charge in [0.05, 0.1) is 26.8 Å². The number of nitro groups is 1. The zero-order chi connectivity index (χ0) is 24.4. The average Bonchev–Trinajstić information content (AvgIpc) is 2.82. The molecule has 1 N–H and O–H groups in total. The number of benzene rings is 3. The molecule has 0 aliphatic carbocycles. The van der Waals surface area contributed by atoms with Crippen LogP contribution in [0.2, 0.25) is 0 Å². The van der Waals surface area contributed by atoms with Crippen molar-refractivity contribution in [3.05, 3.63) is 98.3 Å². The van der Waals surface area contributed by atoms with Crippen LogP contribution in [0, 0.1) is 24.0 Å². The van der Waals surface area contributed by atoms with E-state index in [4.69, 9.17) is 4.98 Å². The van der Waals surface area contributed by atoms with Crippen LogP contribution in [0.4, 0.5) is 11.4 Å². The highest BCUT2D eigenvalue weighted by Gasteiger charge is 2.22. The summed E-state index contributed by atoms with van der Waals surface area (Å²) in [5.41, 5.74) is 3.22. The highest BCUT2D eigenvalue weighted by molar-refractivity contribution is 8.00. The van der Waals surface area contributed by atoms with Gasteiger partial charge < -0.3 is 5.32 Å². The molecule has 0 saturated heterocycles. The fourth-order valence-electron chi connectivity index (χ4n) is 3.53. The first-order valence-electron chi connectivity index (χ1n) is 10.6. The van der Waals surface area contributed by atoms with E-state index < -0.39 is 10.2 Å². The third-order valence-corrected chi connectivity index (χ3v) is 6.59. The Labute approximate surface area is 199 Å². The van der Waals surface area contributed by atoms with Gasteiger partial charge in [-0.05, 0) is 56.2 Å². The summed E-state index contributed by atoms with van der Waals surface area (Å²) in [5, 5.41) is 14.0. The highest BCUT2D eigenvalue weighted by atomic mass is 32.2. The number of thioether (sulfide) groups is 1. The molecule has 9 heteroatoms. The number of fused-ring (bicyclic) bond motifs is 1. The molecule has 0 fully saturated rings. The van der Waals surface area contributed by atoms with Gasteiger partial charge in [0.2, 0.25) is 5.91 Å².